The maximum Gasteiger partial charge on any atom is 0.285 e. The van der Waals surface area contributed by atoms with Crippen LogP contribution in [0.2, 0.25) is 0 Å². The second-order valence-corrected chi connectivity index (χ2v) is 4.43. The van der Waals surface area contributed by atoms with E-state index in [1.807, 2.05) is 0 Å². The average Bonchev–Trinajstić information content (AvgIpc) is 2.41. The van der Waals surface area contributed by atoms with E-state index < -0.39 is 22.3 Å². The van der Waals surface area contributed by atoms with Crippen LogP contribution in [0, 0.1) is 15.9 Å². The molecule has 1 aromatic carbocycles. The topological polar surface area (TPSA) is 101 Å². The molecule has 20 heavy (non-hydrogen) atoms. The van der Waals surface area contributed by atoms with Crippen molar-refractivity contribution in [1.82, 2.24) is 10.6 Å². The molecule has 2 N–H and O–H groups in total. The van der Waals surface area contributed by atoms with Gasteiger partial charge in [0.1, 0.15) is 11.4 Å². The second kappa shape index (κ2) is 5.64. The Labute approximate surface area is 113 Å². The van der Waals surface area contributed by atoms with E-state index >= 15 is 0 Å². The highest BCUT2D eigenvalue weighted by molar-refractivity contribution is 5.98. The zero-order valence-electron chi connectivity index (χ0n) is 10.4. The molecular formula is C12H12FN3O4. The van der Waals surface area contributed by atoms with Gasteiger partial charge in [-0.3, -0.25) is 19.7 Å². The first-order valence-electron chi connectivity index (χ1n) is 5.99. The van der Waals surface area contributed by atoms with Gasteiger partial charge >= 0.3 is 0 Å². The lowest BCUT2D eigenvalue weighted by Crippen LogP contribution is -2.47. The summed E-state index contributed by atoms with van der Waals surface area (Å²) in [5.74, 6) is -1.53. The van der Waals surface area contributed by atoms with Crippen molar-refractivity contribution in [3.8, 4) is 0 Å². The Kier molecular flexibility index (Phi) is 3.92. The Hall–Kier alpha value is -2.51. The van der Waals surface area contributed by atoms with E-state index in [9.17, 15) is 24.1 Å². The standard InChI is InChI=1S/C12H12FN3O4/c13-7-1-3-9(10(5-7)16(19)20)12(18)15-8-2-4-11(17)14-6-8/h1,3,5,8H,2,4,6H2,(H,14,17)(H,15,18). The van der Waals surface area contributed by atoms with Crippen molar-refractivity contribution < 1.29 is 18.9 Å². The number of nitrogens with one attached hydrogen (secondary N) is 2. The van der Waals surface area contributed by atoms with Crippen molar-refractivity contribution in [3.05, 3.63) is 39.7 Å². The first-order chi connectivity index (χ1) is 9.47. The highest BCUT2D eigenvalue weighted by Crippen LogP contribution is 2.20. The highest BCUT2D eigenvalue weighted by Gasteiger charge is 2.25. The molecule has 1 atom stereocenters. The van der Waals surface area contributed by atoms with Crippen molar-refractivity contribution in [2.24, 2.45) is 0 Å². The van der Waals surface area contributed by atoms with Crippen LogP contribution in [-0.2, 0) is 4.79 Å². The molecule has 7 nitrogen and oxygen atoms in total. The molecule has 1 unspecified atom stereocenters. The van der Waals surface area contributed by atoms with Crippen LogP contribution in [0.1, 0.15) is 23.2 Å². The molecule has 8 heteroatoms. The molecule has 1 aliphatic rings. The first-order valence-corrected chi connectivity index (χ1v) is 5.99. The molecule has 0 radical (unpaired) electrons. The molecule has 0 bridgehead atoms. The van der Waals surface area contributed by atoms with Crippen LogP contribution in [0.4, 0.5) is 10.1 Å². The normalized spacial score (nSPS) is 18.2. The third-order valence-corrected chi connectivity index (χ3v) is 3.00. The predicted molar refractivity (Wildman–Crippen MR) is 66.6 cm³/mol. The fourth-order valence-corrected chi connectivity index (χ4v) is 1.97. The van der Waals surface area contributed by atoms with Gasteiger partial charge in [-0.25, -0.2) is 4.39 Å². The summed E-state index contributed by atoms with van der Waals surface area (Å²) in [6.45, 7) is 0.277. The molecule has 0 spiro atoms. The maximum atomic E-state index is 13.0. The summed E-state index contributed by atoms with van der Waals surface area (Å²) < 4.78 is 13.0. The molecule has 1 aromatic rings. The zero-order chi connectivity index (χ0) is 14.7. The van der Waals surface area contributed by atoms with Gasteiger partial charge < -0.3 is 10.6 Å². The lowest BCUT2D eigenvalue weighted by Gasteiger charge is -2.23. The summed E-state index contributed by atoms with van der Waals surface area (Å²) in [5, 5.41) is 16.0. The van der Waals surface area contributed by atoms with Crippen molar-refractivity contribution in [2.75, 3.05) is 6.54 Å². The van der Waals surface area contributed by atoms with E-state index in [0.717, 1.165) is 12.1 Å². The van der Waals surface area contributed by atoms with Gasteiger partial charge in [-0.2, -0.15) is 0 Å². The maximum absolute atomic E-state index is 13.0. The van der Waals surface area contributed by atoms with Gasteiger partial charge in [0.05, 0.1) is 11.0 Å². The number of nitrogens with zero attached hydrogens (tertiary/aromatic N) is 1. The van der Waals surface area contributed by atoms with Crippen LogP contribution in [0.25, 0.3) is 0 Å². The number of piperidine rings is 1. The van der Waals surface area contributed by atoms with E-state index in [0.29, 0.717) is 12.5 Å². The van der Waals surface area contributed by atoms with Crippen molar-refractivity contribution in [1.29, 1.82) is 0 Å². The van der Waals surface area contributed by atoms with Gasteiger partial charge in [0.25, 0.3) is 11.6 Å². The highest BCUT2D eigenvalue weighted by atomic mass is 19.1. The Morgan fingerprint density at radius 3 is 2.85 bits per heavy atom. The lowest BCUT2D eigenvalue weighted by atomic mass is 10.1. The van der Waals surface area contributed by atoms with Gasteiger partial charge in [0.2, 0.25) is 5.91 Å². The molecule has 0 saturated carbocycles. The number of nitro groups is 1. The quantitative estimate of drug-likeness (QED) is 0.630. The minimum Gasteiger partial charge on any atom is -0.354 e. The lowest BCUT2D eigenvalue weighted by molar-refractivity contribution is -0.385. The van der Waals surface area contributed by atoms with E-state index in [-0.39, 0.29) is 30.5 Å². The van der Waals surface area contributed by atoms with Crippen LogP contribution in [-0.4, -0.2) is 29.3 Å². The van der Waals surface area contributed by atoms with Crippen molar-refractivity contribution >= 4 is 17.5 Å². The van der Waals surface area contributed by atoms with Gasteiger partial charge in [-0.15, -0.1) is 0 Å². The van der Waals surface area contributed by atoms with Gasteiger partial charge in [0, 0.05) is 19.0 Å². The van der Waals surface area contributed by atoms with Crippen LogP contribution in [0.5, 0.6) is 0 Å². The SMILES string of the molecule is O=C1CCC(NC(=O)c2ccc(F)cc2[N+](=O)[O-])CN1. The minimum atomic E-state index is -0.805. The van der Waals surface area contributed by atoms with Crippen LogP contribution < -0.4 is 10.6 Å². The second-order valence-electron chi connectivity index (χ2n) is 4.43. The number of rotatable bonds is 3. The molecule has 1 aliphatic heterocycles. The number of benzene rings is 1. The Morgan fingerprint density at radius 1 is 1.50 bits per heavy atom. The summed E-state index contributed by atoms with van der Waals surface area (Å²) in [6, 6.07) is 2.48. The largest absolute Gasteiger partial charge is 0.354 e. The van der Waals surface area contributed by atoms with Gasteiger partial charge in [-0.05, 0) is 18.6 Å². The molecule has 1 fully saturated rings. The summed E-state index contributed by atoms with van der Waals surface area (Å²) in [6.07, 6.45) is 0.753. The van der Waals surface area contributed by atoms with Crippen LogP contribution in [0.15, 0.2) is 18.2 Å². The molecular weight excluding hydrogens is 269 g/mol. The molecule has 0 aromatic heterocycles. The van der Waals surface area contributed by atoms with Crippen molar-refractivity contribution in [2.45, 2.75) is 18.9 Å². The van der Waals surface area contributed by atoms with Gasteiger partial charge in [0.15, 0.2) is 0 Å². The van der Waals surface area contributed by atoms with E-state index in [1.165, 1.54) is 0 Å². The molecule has 1 saturated heterocycles. The number of halogens is 1. The Balaban J connectivity index is 2.13. The third kappa shape index (κ3) is 3.08. The fraction of sp³-hybridized carbons (Fsp3) is 0.333. The smallest absolute Gasteiger partial charge is 0.285 e. The molecule has 0 aliphatic carbocycles. The van der Waals surface area contributed by atoms with E-state index in [2.05, 4.69) is 10.6 Å². The number of hydrogen-bond acceptors (Lipinski definition) is 4. The van der Waals surface area contributed by atoms with Crippen LogP contribution in [0.3, 0.4) is 0 Å². The molecule has 106 valence electrons. The monoisotopic (exact) mass is 281 g/mol. The predicted octanol–water partition coefficient (Wildman–Crippen LogP) is 0.742. The average molecular weight is 281 g/mol. The van der Waals surface area contributed by atoms with Crippen LogP contribution >= 0.6 is 0 Å². The first kappa shape index (κ1) is 13.9. The number of carbonyl (C=O) groups excluding carboxylic acids is 2. The summed E-state index contributed by atoms with van der Waals surface area (Å²) in [5.41, 5.74) is -0.782. The van der Waals surface area contributed by atoms with Crippen molar-refractivity contribution in [3.63, 3.8) is 0 Å². The van der Waals surface area contributed by atoms with E-state index in [1.54, 1.807) is 0 Å². The summed E-state index contributed by atoms with van der Waals surface area (Å²) in [4.78, 5) is 33.0. The fourth-order valence-electron chi connectivity index (χ4n) is 1.97. The number of nitro benzene ring substituents is 1. The molecule has 2 rings (SSSR count). The number of hydrogen-bond donors (Lipinski definition) is 2. The molecule has 1 heterocycles. The Bertz CT molecular complexity index is 566. The Morgan fingerprint density at radius 2 is 2.25 bits per heavy atom. The minimum absolute atomic E-state index is 0.0942. The molecule has 2 amide bonds. The summed E-state index contributed by atoms with van der Waals surface area (Å²) in [7, 11) is 0. The van der Waals surface area contributed by atoms with Gasteiger partial charge in [-0.1, -0.05) is 0 Å². The van der Waals surface area contributed by atoms with E-state index in [4.69, 9.17) is 0 Å². The third-order valence-electron chi connectivity index (χ3n) is 3.00. The summed E-state index contributed by atoms with van der Waals surface area (Å²) >= 11 is 0. The number of carbonyl (C=O) groups is 2. The number of amides is 2. The zero-order valence-corrected chi connectivity index (χ0v) is 10.4.